The summed E-state index contributed by atoms with van der Waals surface area (Å²) in [7, 11) is 1.51. The Labute approximate surface area is 144 Å². The van der Waals surface area contributed by atoms with Gasteiger partial charge >= 0.3 is 0 Å². The summed E-state index contributed by atoms with van der Waals surface area (Å²) in [4.78, 5) is 41.2. The number of carbonyl (C=O) groups is 3. The van der Waals surface area contributed by atoms with Crippen LogP contribution in [0.1, 0.15) is 20.0 Å². The molecule has 0 radical (unpaired) electrons. The smallest absolute Gasteiger partial charge is 0.271 e. The molecule has 0 bridgehead atoms. The monoisotopic (exact) mass is 396 g/mol. The SMILES string of the molecule is CN(CC(=O)NNC(=O)c1cccnc1)C(=O)c1ccc(Br)s1. The molecular formula is C14H13BrN4O3S. The minimum Gasteiger partial charge on any atom is -0.332 e. The quantitative estimate of drug-likeness (QED) is 0.764. The van der Waals surface area contributed by atoms with Gasteiger partial charge in [-0.25, -0.2) is 0 Å². The summed E-state index contributed by atoms with van der Waals surface area (Å²) in [5.41, 5.74) is 4.84. The van der Waals surface area contributed by atoms with Gasteiger partial charge in [-0.05, 0) is 40.2 Å². The van der Waals surface area contributed by atoms with E-state index in [1.165, 1.54) is 29.5 Å². The van der Waals surface area contributed by atoms with Gasteiger partial charge in [0.15, 0.2) is 0 Å². The van der Waals surface area contributed by atoms with Gasteiger partial charge in [0.2, 0.25) is 0 Å². The van der Waals surface area contributed by atoms with E-state index >= 15 is 0 Å². The number of likely N-dealkylation sites (N-methyl/N-ethyl adjacent to an activating group) is 1. The van der Waals surface area contributed by atoms with Crippen LogP contribution in [0.3, 0.4) is 0 Å². The highest BCUT2D eigenvalue weighted by molar-refractivity contribution is 9.11. The molecule has 2 aromatic heterocycles. The van der Waals surface area contributed by atoms with Crippen LogP contribution in [0.4, 0.5) is 0 Å². The highest BCUT2D eigenvalue weighted by atomic mass is 79.9. The average Bonchev–Trinajstić information content (AvgIpc) is 2.99. The van der Waals surface area contributed by atoms with E-state index in [0.29, 0.717) is 10.4 Å². The maximum atomic E-state index is 12.1. The second kappa shape index (κ2) is 7.84. The first-order chi connectivity index (χ1) is 11.0. The first-order valence-electron chi connectivity index (χ1n) is 6.47. The lowest BCUT2D eigenvalue weighted by molar-refractivity contribution is -0.122. The van der Waals surface area contributed by atoms with Crippen LogP contribution in [-0.4, -0.2) is 41.2 Å². The summed E-state index contributed by atoms with van der Waals surface area (Å²) in [5, 5.41) is 0. The number of hydrogen-bond donors (Lipinski definition) is 2. The predicted molar refractivity (Wildman–Crippen MR) is 88.8 cm³/mol. The standard InChI is InChI=1S/C14H13BrN4O3S/c1-19(14(22)10-4-5-11(15)23-10)8-12(20)17-18-13(21)9-3-2-6-16-7-9/h2-7H,8H2,1H3,(H,17,20)(H,18,21). The molecule has 0 aliphatic rings. The Morgan fingerprint density at radius 1 is 1.26 bits per heavy atom. The Morgan fingerprint density at radius 2 is 2.04 bits per heavy atom. The zero-order chi connectivity index (χ0) is 16.8. The average molecular weight is 397 g/mol. The number of carbonyl (C=O) groups excluding carboxylic acids is 3. The molecule has 7 nitrogen and oxygen atoms in total. The molecule has 9 heteroatoms. The summed E-state index contributed by atoms with van der Waals surface area (Å²) >= 11 is 4.56. The van der Waals surface area contributed by atoms with Crippen LogP contribution in [0.5, 0.6) is 0 Å². The molecule has 0 spiro atoms. The number of nitrogens with one attached hydrogen (secondary N) is 2. The molecule has 0 aliphatic heterocycles. The molecule has 2 heterocycles. The third-order valence-electron chi connectivity index (χ3n) is 2.75. The summed E-state index contributed by atoms with van der Waals surface area (Å²) in [6, 6.07) is 6.62. The maximum absolute atomic E-state index is 12.1. The van der Waals surface area contributed by atoms with E-state index in [1.54, 1.807) is 30.5 Å². The van der Waals surface area contributed by atoms with E-state index in [-0.39, 0.29) is 12.5 Å². The van der Waals surface area contributed by atoms with Crippen molar-refractivity contribution in [1.29, 1.82) is 0 Å². The molecule has 0 fully saturated rings. The Bertz CT molecular complexity index is 720. The van der Waals surface area contributed by atoms with Crippen LogP contribution in [0.25, 0.3) is 0 Å². The first-order valence-corrected chi connectivity index (χ1v) is 8.08. The molecule has 0 saturated heterocycles. The van der Waals surface area contributed by atoms with E-state index in [1.807, 2.05) is 0 Å². The fourth-order valence-corrected chi connectivity index (χ4v) is 3.02. The second-order valence-electron chi connectivity index (χ2n) is 4.51. The van der Waals surface area contributed by atoms with Crippen molar-refractivity contribution in [3.05, 3.63) is 50.9 Å². The normalized spacial score (nSPS) is 10.0. The van der Waals surface area contributed by atoms with Gasteiger partial charge in [-0.15, -0.1) is 11.3 Å². The lowest BCUT2D eigenvalue weighted by Gasteiger charge is -2.16. The van der Waals surface area contributed by atoms with Crippen molar-refractivity contribution in [1.82, 2.24) is 20.7 Å². The van der Waals surface area contributed by atoms with Gasteiger partial charge in [-0.3, -0.25) is 30.2 Å². The van der Waals surface area contributed by atoms with Crippen molar-refractivity contribution in [3.63, 3.8) is 0 Å². The Hall–Kier alpha value is -2.26. The lowest BCUT2D eigenvalue weighted by atomic mass is 10.3. The summed E-state index contributed by atoms with van der Waals surface area (Å²) in [6.07, 6.45) is 2.92. The van der Waals surface area contributed by atoms with Crippen LogP contribution in [0.15, 0.2) is 40.4 Å². The number of hydrazine groups is 1. The van der Waals surface area contributed by atoms with Crippen LogP contribution >= 0.6 is 27.3 Å². The molecule has 23 heavy (non-hydrogen) atoms. The highest BCUT2D eigenvalue weighted by Gasteiger charge is 2.17. The maximum Gasteiger partial charge on any atom is 0.271 e. The van der Waals surface area contributed by atoms with Gasteiger partial charge in [-0.2, -0.15) is 0 Å². The zero-order valence-corrected chi connectivity index (χ0v) is 14.5. The van der Waals surface area contributed by atoms with Crippen molar-refractivity contribution in [2.75, 3.05) is 13.6 Å². The van der Waals surface area contributed by atoms with Crippen LogP contribution < -0.4 is 10.9 Å². The lowest BCUT2D eigenvalue weighted by Crippen LogP contribution is -2.46. The zero-order valence-electron chi connectivity index (χ0n) is 12.1. The molecule has 0 atom stereocenters. The van der Waals surface area contributed by atoms with Crippen molar-refractivity contribution < 1.29 is 14.4 Å². The van der Waals surface area contributed by atoms with Crippen LogP contribution in [0.2, 0.25) is 0 Å². The van der Waals surface area contributed by atoms with Gasteiger partial charge in [0.05, 0.1) is 14.2 Å². The van der Waals surface area contributed by atoms with E-state index in [4.69, 9.17) is 0 Å². The molecule has 0 aromatic carbocycles. The Morgan fingerprint density at radius 3 is 2.65 bits per heavy atom. The van der Waals surface area contributed by atoms with E-state index < -0.39 is 11.8 Å². The Balaban J connectivity index is 1.82. The first kappa shape index (κ1) is 17.1. The molecule has 120 valence electrons. The number of hydrogen-bond acceptors (Lipinski definition) is 5. The molecular weight excluding hydrogens is 384 g/mol. The van der Waals surface area contributed by atoms with Crippen LogP contribution in [-0.2, 0) is 4.79 Å². The number of thiophene rings is 1. The molecule has 0 unspecified atom stereocenters. The van der Waals surface area contributed by atoms with Crippen molar-refractivity contribution >= 4 is 45.0 Å². The third kappa shape index (κ3) is 4.86. The summed E-state index contributed by atoms with van der Waals surface area (Å²) in [5.74, 6) is -1.26. The van der Waals surface area contributed by atoms with E-state index in [9.17, 15) is 14.4 Å². The molecule has 2 N–H and O–H groups in total. The Kier molecular flexibility index (Phi) is 5.83. The summed E-state index contributed by atoms with van der Waals surface area (Å²) in [6.45, 7) is -0.179. The number of halogens is 1. The highest BCUT2D eigenvalue weighted by Crippen LogP contribution is 2.22. The molecule has 0 aliphatic carbocycles. The van der Waals surface area contributed by atoms with Crippen LogP contribution in [0, 0.1) is 0 Å². The van der Waals surface area contributed by atoms with Gasteiger partial charge in [0.25, 0.3) is 17.7 Å². The number of nitrogens with zero attached hydrogens (tertiary/aromatic N) is 2. The molecule has 2 aromatic rings. The van der Waals surface area contributed by atoms with E-state index in [0.717, 1.165) is 3.79 Å². The second-order valence-corrected chi connectivity index (χ2v) is 6.97. The topological polar surface area (TPSA) is 91.4 Å². The van der Waals surface area contributed by atoms with Crippen molar-refractivity contribution in [2.45, 2.75) is 0 Å². The number of amides is 3. The fourth-order valence-electron chi connectivity index (χ4n) is 1.64. The molecule has 2 rings (SSSR count). The fraction of sp³-hybridized carbons (Fsp3) is 0.143. The largest absolute Gasteiger partial charge is 0.332 e. The molecule has 0 saturated carbocycles. The predicted octanol–water partition coefficient (Wildman–Crippen LogP) is 1.44. The van der Waals surface area contributed by atoms with Crippen molar-refractivity contribution in [3.8, 4) is 0 Å². The third-order valence-corrected chi connectivity index (χ3v) is 4.36. The number of pyridine rings is 1. The number of rotatable bonds is 4. The summed E-state index contributed by atoms with van der Waals surface area (Å²) < 4.78 is 0.836. The van der Waals surface area contributed by atoms with Gasteiger partial charge < -0.3 is 4.90 Å². The van der Waals surface area contributed by atoms with Gasteiger partial charge in [0, 0.05) is 19.4 Å². The minimum absolute atomic E-state index is 0.179. The minimum atomic E-state index is -0.506. The van der Waals surface area contributed by atoms with E-state index in [2.05, 4.69) is 31.8 Å². The number of aromatic nitrogens is 1. The molecule has 3 amide bonds. The van der Waals surface area contributed by atoms with Gasteiger partial charge in [-0.1, -0.05) is 0 Å². The van der Waals surface area contributed by atoms with Crippen molar-refractivity contribution in [2.24, 2.45) is 0 Å². The van der Waals surface area contributed by atoms with Gasteiger partial charge in [0.1, 0.15) is 6.54 Å².